The number of carbonyl (C=O) groups is 1. The van der Waals surface area contributed by atoms with Crippen molar-refractivity contribution in [1.29, 1.82) is 0 Å². The van der Waals surface area contributed by atoms with Crippen molar-refractivity contribution in [3.63, 3.8) is 0 Å². The molecule has 0 spiro atoms. The predicted octanol–water partition coefficient (Wildman–Crippen LogP) is 3.52. The van der Waals surface area contributed by atoms with E-state index in [1.54, 1.807) is 0 Å². The van der Waals surface area contributed by atoms with Crippen molar-refractivity contribution < 1.29 is 20.1 Å². The number of unbranched alkanes of at least 4 members (excludes halogenated alkanes) is 3. The zero-order valence-electron chi connectivity index (χ0n) is 15.3. The molecule has 0 radical (unpaired) electrons. The van der Waals surface area contributed by atoms with Gasteiger partial charge in [-0.15, -0.1) is 0 Å². The molecule has 2 saturated carbocycles. The minimum Gasteiger partial charge on any atom is -0.481 e. The summed E-state index contributed by atoms with van der Waals surface area (Å²) in [5.74, 6) is 6.24. The van der Waals surface area contributed by atoms with Crippen LogP contribution in [0.1, 0.15) is 71.1 Å². The number of fused-ring (bicyclic) bond motifs is 1. The van der Waals surface area contributed by atoms with Crippen LogP contribution in [0, 0.1) is 29.6 Å². The Bertz CT molecular complexity index is 528. The minimum absolute atomic E-state index is 0.0317. The lowest BCUT2D eigenvalue weighted by Crippen LogP contribution is -2.18. The highest BCUT2D eigenvalue weighted by Crippen LogP contribution is 2.49. The van der Waals surface area contributed by atoms with Gasteiger partial charge in [0.25, 0.3) is 0 Å². The molecular weight excluding hydrogens is 316 g/mol. The van der Waals surface area contributed by atoms with E-state index in [0.29, 0.717) is 24.7 Å². The molecule has 0 bridgehead atoms. The van der Waals surface area contributed by atoms with Crippen molar-refractivity contribution in [2.75, 3.05) is 0 Å². The summed E-state index contributed by atoms with van der Waals surface area (Å²) in [6.07, 6.45) is 9.68. The second-order valence-electron chi connectivity index (χ2n) is 7.61. The Morgan fingerprint density at radius 2 is 2.12 bits per heavy atom. The van der Waals surface area contributed by atoms with Gasteiger partial charge in [-0.3, -0.25) is 4.79 Å². The number of allylic oxidation sites excluding steroid dienone is 2. The van der Waals surface area contributed by atoms with Gasteiger partial charge in [0.1, 0.15) is 6.10 Å². The van der Waals surface area contributed by atoms with Crippen molar-refractivity contribution >= 4 is 5.97 Å². The quantitative estimate of drug-likeness (QED) is 0.356. The van der Waals surface area contributed by atoms with Gasteiger partial charge in [-0.2, -0.15) is 0 Å². The summed E-state index contributed by atoms with van der Waals surface area (Å²) in [6, 6.07) is 0. The standard InChI is InChI=1S/C21H32O4/c1-2-3-4-8-17(22)10-11-18-19-13-15(7-5-6-9-21(24)25)12-16(19)14-20(18)23/h7,16-20,22-23H,2-6,8-9,12-14H2,1H3,(H,24,25)/b15-7+/t16-,17-,18+,19-,20+/m0/s1. The molecule has 0 aliphatic heterocycles. The molecule has 2 aliphatic rings. The third kappa shape index (κ3) is 6.17. The van der Waals surface area contributed by atoms with Gasteiger partial charge in [-0.25, -0.2) is 0 Å². The molecule has 0 aromatic carbocycles. The first-order chi connectivity index (χ1) is 12.0. The fraction of sp³-hybridized carbons (Fsp3) is 0.762. The van der Waals surface area contributed by atoms with Gasteiger partial charge in [0.2, 0.25) is 0 Å². The van der Waals surface area contributed by atoms with Crippen molar-refractivity contribution in [2.24, 2.45) is 17.8 Å². The van der Waals surface area contributed by atoms with Gasteiger partial charge >= 0.3 is 5.97 Å². The van der Waals surface area contributed by atoms with Crippen LogP contribution in [0.25, 0.3) is 0 Å². The summed E-state index contributed by atoms with van der Waals surface area (Å²) in [5.41, 5.74) is 1.39. The Kier molecular flexibility index (Phi) is 7.99. The Morgan fingerprint density at radius 1 is 1.32 bits per heavy atom. The second-order valence-corrected chi connectivity index (χ2v) is 7.61. The van der Waals surface area contributed by atoms with Crippen molar-refractivity contribution in [2.45, 2.75) is 83.3 Å². The molecule has 0 aromatic heterocycles. The molecule has 0 amide bonds. The summed E-state index contributed by atoms with van der Waals surface area (Å²) in [6.45, 7) is 2.14. The van der Waals surface area contributed by atoms with E-state index in [-0.39, 0.29) is 18.4 Å². The Labute approximate surface area is 151 Å². The number of aliphatic carboxylic acids is 1. The fourth-order valence-electron chi connectivity index (χ4n) is 4.24. The van der Waals surface area contributed by atoms with Crippen molar-refractivity contribution in [3.05, 3.63) is 11.6 Å². The molecule has 4 heteroatoms. The van der Waals surface area contributed by atoms with Crippen LogP contribution in [-0.2, 0) is 4.79 Å². The van der Waals surface area contributed by atoms with E-state index in [9.17, 15) is 15.0 Å². The molecule has 4 nitrogen and oxygen atoms in total. The topological polar surface area (TPSA) is 77.8 Å². The van der Waals surface area contributed by atoms with Crippen LogP contribution >= 0.6 is 0 Å². The van der Waals surface area contributed by atoms with E-state index < -0.39 is 12.1 Å². The highest BCUT2D eigenvalue weighted by atomic mass is 16.4. The number of aliphatic hydroxyl groups is 2. The molecule has 2 rings (SSSR count). The SMILES string of the molecule is CCCCC[C@H](O)C#C[C@@H]1[C@H]2C/C(=C/CCCC(=O)O)C[C@H]2C[C@H]1O. The summed E-state index contributed by atoms with van der Waals surface area (Å²) in [4.78, 5) is 10.6. The number of aliphatic hydroxyl groups excluding tert-OH is 2. The largest absolute Gasteiger partial charge is 0.481 e. The summed E-state index contributed by atoms with van der Waals surface area (Å²) < 4.78 is 0. The third-order valence-electron chi connectivity index (χ3n) is 5.57. The molecule has 0 unspecified atom stereocenters. The molecule has 2 fully saturated rings. The predicted molar refractivity (Wildman–Crippen MR) is 97.8 cm³/mol. The van der Waals surface area contributed by atoms with Crippen LogP contribution in [0.5, 0.6) is 0 Å². The van der Waals surface area contributed by atoms with E-state index in [1.165, 1.54) is 5.57 Å². The normalized spacial score (nSPS) is 30.8. The van der Waals surface area contributed by atoms with Crippen LogP contribution in [0.2, 0.25) is 0 Å². The summed E-state index contributed by atoms with van der Waals surface area (Å²) in [5, 5.41) is 29.0. The number of carboxylic acids is 1. The van der Waals surface area contributed by atoms with Gasteiger partial charge in [-0.05, 0) is 56.8 Å². The Morgan fingerprint density at radius 3 is 2.84 bits per heavy atom. The van der Waals surface area contributed by atoms with Gasteiger partial charge < -0.3 is 15.3 Å². The molecule has 0 heterocycles. The molecule has 3 N–H and O–H groups in total. The fourth-order valence-corrected chi connectivity index (χ4v) is 4.24. The van der Waals surface area contributed by atoms with E-state index in [4.69, 9.17) is 5.11 Å². The van der Waals surface area contributed by atoms with E-state index >= 15 is 0 Å². The molecular formula is C21H32O4. The molecule has 5 atom stereocenters. The third-order valence-corrected chi connectivity index (χ3v) is 5.57. The highest BCUT2D eigenvalue weighted by molar-refractivity contribution is 5.66. The second kappa shape index (κ2) is 9.99. The van der Waals surface area contributed by atoms with Gasteiger partial charge in [0, 0.05) is 12.3 Å². The lowest BCUT2D eigenvalue weighted by molar-refractivity contribution is -0.137. The highest BCUT2D eigenvalue weighted by Gasteiger charge is 2.45. The maximum absolute atomic E-state index is 10.6. The number of hydrogen-bond acceptors (Lipinski definition) is 3. The Balaban J connectivity index is 1.85. The van der Waals surface area contributed by atoms with Gasteiger partial charge in [-0.1, -0.05) is 43.3 Å². The smallest absolute Gasteiger partial charge is 0.303 e. The lowest BCUT2D eigenvalue weighted by atomic mass is 9.91. The maximum atomic E-state index is 10.6. The minimum atomic E-state index is -0.738. The van der Waals surface area contributed by atoms with Crippen LogP contribution in [0.15, 0.2) is 11.6 Å². The lowest BCUT2D eigenvalue weighted by Gasteiger charge is -2.15. The van der Waals surface area contributed by atoms with Gasteiger partial charge in [0.15, 0.2) is 0 Å². The van der Waals surface area contributed by atoms with E-state index in [2.05, 4.69) is 24.8 Å². The van der Waals surface area contributed by atoms with Crippen LogP contribution in [-0.4, -0.2) is 33.5 Å². The molecule has 140 valence electrons. The summed E-state index contributed by atoms with van der Waals surface area (Å²) >= 11 is 0. The molecule has 0 aromatic rings. The average molecular weight is 348 g/mol. The first-order valence-electron chi connectivity index (χ1n) is 9.78. The Hall–Kier alpha value is -1.31. The number of rotatable bonds is 8. The van der Waals surface area contributed by atoms with E-state index in [1.807, 2.05) is 0 Å². The number of carboxylic acid groups (broad SMARTS) is 1. The number of hydrogen-bond donors (Lipinski definition) is 3. The first-order valence-corrected chi connectivity index (χ1v) is 9.78. The zero-order chi connectivity index (χ0) is 18.2. The first kappa shape index (κ1) is 20.0. The maximum Gasteiger partial charge on any atom is 0.303 e. The molecule has 0 saturated heterocycles. The van der Waals surface area contributed by atoms with Crippen molar-refractivity contribution in [3.8, 4) is 11.8 Å². The molecule has 2 aliphatic carbocycles. The monoisotopic (exact) mass is 348 g/mol. The van der Waals surface area contributed by atoms with Crippen LogP contribution < -0.4 is 0 Å². The van der Waals surface area contributed by atoms with E-state index in [0.717, 1.165) is 44.9 Å². The van der Waals surface area contributed by atoms with Crippen LogP contribution in [0.3, 0.4) is 0 Å². The van der Waals surface area contributed by atoms with Crippen LogP contribution in [0.4, 0.5) is 0 Å². The van der Waals surface area contributed by atoms with Crippen molar-refractivity contribution in [1.82, 2.24) is 0 Å². The zero-order valence-corrected chi connectivity index (χ0v) is 15.3. The molecule has 25 heavy (non-hydrogen) atoms. The van der Waals surface area contributed by atoms with Gasteiger partial charge in [0.05, 0.1) is 6.10 Å². The summed E-state index contributed by atoms with van der Waals surface area (Å²) in [7, 11) is 0. The average Bonchev–Trinajstić information content (AvgIpc) is 3.06.